The van der Waals surface area contributed by atoms with Gasteiger partial charge in [0.05, 0.1) is 11.6 Å². The number of carbonyl (C=O) groups excluding carboxylic acids is 1. The standard InChI is InChI=1S/C17H24Cl2N2O3/c1-12(24-15-5-3-4-14(18)16(15)19)17(22)20-13-6-8-21(9-7-13)10-11-23-2/h3-5,12-13H,6-11H2,1-2H3,(H,20,22)/t12-/m1/s1. The van der Waals surface area contributed by atoms with Crippen molar-refractivity contribution in [2.45, 2.75) is 31.9 Å². The number of nitrogens with zero attached hydrogens (tertiary/aromatic N) is 1. The third-order valence-corrected chi connectivity index (χ3v) is 4.94. The van der Waals surface area contributed by atoms with E-state index in [0.29, 0.717) is 15.8 Å². The van der Waals surface area contributed by atoms with Gasteiger partial charge in [0, 0.05) is 32.8 Å². The SMILES string of the molecule is COCCN1CCC(NC(=O)[C@@H](C)Oc2cccc(Cl)c2Cl)CC1. The van der Waals surface area contributed by atoms with Gasteiger partial charge in [-0.05, 0) is 31.9 Å². The number of hydrogen-bond acceptors (Lipinski definition) is 4. The van der Waals surface area contributed by atoms with Crippen LogP contribution in [0.2, 0.25) is 10.0 Å². The van der Waals surface area contributed by atoms with Crippen molar-refractivity contribution < 1.29 is 14.3 Å². The lowest BCUT2D eigenvalue weighted by molar-refractivity contribution is -0.128. The minimum Gasteiger partial charge on any atom is -0.479 e. The summed E-state index contributed by atoms with van der Waals surface area (Å²) in [6.07, 6.45) is 1.23. The molecule has 5 nitrogen and oxygen atoms in total. The van der Waals surface area contributed by atoms with Gasteiger partial charge in [0.15, 0.2) is 6.10 Å². The maximum atomic E-state index is 12.3. The second-order valence-electron chi connectivity index (χ2n) is 5.93. The summed E-state index contributed by atoms with van der Waals surface area (Å²) < 4.78 is 10.7. The molecule has 0 bridgehead atoms. The first-order valence-electron chi connectivity index (χ1n) is 8.13. The monoisotopic (exact) mass is 374 g/mol. The van der Waals surface area contributed by atoms with E-state index in [9.17, 15) is 4.79 Å². The maximum Gasteiger partial charge on any atom is 0.260 e. The van der Waals surface area contributed by atoms with E-state index in [1.165, 1.54) is 0 Å². The molecule has 24 heavy (non-hydrogen) atoms. The highest BCUT2D eigenvalue weighted by molar-refractivity contribution is 6.42. The van der Waals surface area contributed by atoms with E-state index < -0.39 is 6.10 Å². The van der Waals surface area contributed by atoms with Gasteiger partial charge in [-0.15, -0.1) is 0 Å². The summed E-state index contributed by atoms with van der Waals surface area (Å²) in [5, 5.41) is 3.78. The fourth-order valence-electron chi connectivity index (χ4n) is 2.66. The predicted molar refractivity (Wildman–Crippen MR) is 96.0 cm³/mol. The van der Waals surface area contributed by atoms with Gasteiger partial charge in [-0.2, -0.15) is 0 Å². The molecule has 1 amide bonds. The fourth-order valence-corrected chi connectivity index (χ4v) is 3.00. The molecule has 0 aromatic heterocycles. The van der Waals surface area contributed by atoms with Gasteiger partial charge < -0.3 is 19.7 Å². The van der Waals surface area contributed by atoms with Crippen molar-refractivity contribution in [2.75, 3.05) is 33.4 Å². The molecule has 0 spiro atoms. The predicted octanol–water partition coefficient (Wildman–Crippen LogP) is 2.99. The Kier molecular flexibility index (Phi) is 7.62. The van der Waals surface area contributed by atoms with Crippen LogP contribution in [-0.4, -0.2) is 56.3 Å². The van der Waals surface area contributed by atoms with E-state index in [4.69, 9.17) is 32.7 Å². The lowest BCUT2D eigenvalue weighted by Gasteiger charge is -2.32. The van der Waals surface area contributed by atoms with Crippen molar-refractivity contribution >= 4 is 29.1 Å². The highest BCUT2D eigenvalue weighted by atomic mass is 35.5. The van der Waals surface area contributed by atoms with Gasteiger partial charge in [0.1, 0.15) is 10.8 Å². The van der Waals surface area contributed by atoms with Crippen LogP contribution in [0, 0.1) is 0 Å². The van der Waals surface area contributed by atoms with Crippen LogP contribution in [0.4, 0.5) is 0 Å². The van der Waals surface area contributed by atoms with E-state index in [-0.39, 0.29) is 11.9 Å². The highest BCUT2D eigenvalue weighted by Gasteiger charge is 2.24. The summed E-state index contributed by atoms with van der Waals surface area (Å²) in [5.41, 5.74) is 0. The van der Waals surface area contributed by atoms with E-state index in [0.717, 1.165) is 39.1 Å². The Bertz CT molecular complexity index is 549. The molecule has 1 N–H and O–H groups in total. The third-order valence-electron chi connectivity index (χ3n) is 4.13. The maximum absolute atomic E-state index is 12.3. The number of ether oxygens (including phenoxy) is 2. The molecule has 134 valence electrons. The minimum absolute atomic E-state index is 0.138. The number of carbonyl (C=O) groups is 1. The van der Waals surface area contributed by atoms with Crippen molar-refractivity contribution in [1.29, 1.82) is 0 Å². The van der Waals surface area contributed by atoms with E-state index in [1.807, 2.05) is 0 Å². The number of halogens is 2. The zero-order valence-electron chi connectivity index (χ0n) is 14.1. The van der Waals surface area contributed by atoms with Crippen LogP contribution in [0.15, 0.2) is 18.2 Å². The molecule has 1 aliphatic rings. The van der Waals surface area contributed by atoms with Crippen molar-refractivity contribution in [2.24, 2.45) is 0 Å². The zero-order chi connectivity index (χ0) is 17.5. The average molecular weight is 375 g/mol. The Morgan fingerprint density at radius 3 is 2.75 bits per heavy atom. The number of likely N-dealkylation sites (tertiary alicyclic amines) is 1. The number of hydrogen-bond donors (Lipinski definition) is 1. The molecular formula is C17H24Cl2N2O3. The molecule has 1 saturated heterocycles. The summed E-state index contributed by atoms with van der Waals surface area (Å²) in [6, 6.07) is 5.30. The number of methoxy groups -OCH3 is 1. The number of amides is 1. The molecule has 0 unspecified atom stereocenters. The second kappa shape index (κ2) is 9.47. The van der Waals surface area contributed by atoms with Crippen molar-refractivity contribution in [3.8, 4) is 5.75 Å². The van der Waals surface area contributed by atoms with Crippen molar-refractivity contribution in [3.05, 3.63) is 28.2 Å². The number of benzene rings is 1. The molecule has 7 heteroatoms. The first-order valence-corrected chi connectivity index (χ1v) is 8.89. The Hall–Kier alpha value is -1.01. The summed E-state index contributed by atoms with van der Waals surface area (Å²) in [6.45, 7) is 5.31. The number of piperidine rings is 1. The molecule has 0 radical (unpaired) electrons. The largest absolute Gasteiger partial charge is 0.479 e. The Balaban J connectivity index is 1.79. The Labute approximate surface area is 153 Å². The molecular weight excluding hydrogens is 351 g/mol. The highest BCUT2D eigenvalue weighted by Crippen LogP contribution is 2.32. The quantitative estimate of drug-likeness (QED) is 0.796. The number of rotatable bonds is 7. The summed E-state index contributed by atoms with van der Waals surface area (Å²) in [7, 11) is 1.71. The smallest absolute Gasteiger partial charge is 0.260 e. The van der Waals surface area contributed by atoms with Gasteiger partial charge in [-0.25, -0.2) is 0 Å². The van der Waals surface area contributed by atoms with E-state index in [1.54, 1.807) is 32.2 Å². The summed E-state index contributed by atoms with van der Waals surface area (Å²) in [4.78, 5) is 14.7. The fraction of sp³-hybridized carbons (Fsp3) is 0.588. The molecule has 2 rings (SSSR count). The van der Waals surface area contributed by atoms with Gasteiger partial charge in [-0.3, -0.25) is 4.79 Å². The summed E-state index contributed by atoms with van der Waals surface area (Å²) in [5.74, 6) is 0.280. The van der Waals surface area contributed by atoms with Crippen LogP contribution >= 0.6 is 23.2 Å². The molecule has 1 fully saturated rings. The third kappa shape index (κ3) is 5.52. The van der Waals surface area contributed by atoms with Crippen LogP contribution in [0.25, 0.3) is 0 Å². The lowest BCUT2D eigenvalue weighted by atomic mass is 10.0. The molecule has 0 aliphatic carbocycles. The normalized spacial score (nSPS) is 17.5. The van der Waals surface area contributed by atoms with Crippen LogP contribution < -0.4 is 10.1 Å². The topological polar surface area (TPSA) is 50.8 Å². The van der Waals surface area contributed by atoms with Crippen LogP contribution in [0.3, 0.4) is 0 Å². The first kappa shape index (κ1) is 19.3. The molecule has 1 aliphatic heterocycles. The van der Waals surface area contributed by atoms with E-state index in [2.05, 4.69) is 10.2 Å². The Morgan fingerprint density at radius 2 is 2.08 bits per heavy atom. The second-order valence-corrected chi connectivity index (χ2v) is 6.71. The molecule has 1 atom stereocenters. The first-order chi connectivity index (χ1) is 11.5. The van der Waals surface area contributed by atoms with Gasteiger partial charge in [0.25, 0.3) is 5.91 Å². The number of nitrogens with one attached hydrogen (secondary N) is 1. The lowest BCUT2D eigenvalue weighted by Crippen LogP contribution is -2.48. The minimum atomic E-state index is -0.632. The van der Waals surface area contributed by atoms with Gasteiger partial charge in [0.2, 0.25) is 0 Å². The van der Waals surface area contributed by atoms with Crippen LogP contribution in [0.1, 0.15) is 19.8 Å². The van der Waals surface area contributed by atoms with Gasteiger partial charge >= 0.3 is 0 Å². The van der Waals surface area contributed by atoms with Crippen LogP contribution in [-0.2, 0) is 9.53 Å². The van der Waals surface area contributed by atoms with E-state index >= 15 is 0 Å². The average Bonchev–Trinajstić information content (AvgIpc) is 2.58. The van der Waals surface area contributed by atoms with Crippen LogP contribution in [0.5, 0.6) is 5.75 Å². The molecule has 1 aromatic rings. The zero-order valence-corrected chi connectivity index (χ0v) is 15.6. The molecule has 1 heterocycles. The van der Waals surface area contributed by atoms with Gasteiger partial charge in [-0.1, -0.05) is 29.3 Å². The molecule has 0 saturated carbocycles. The molecule has 1 aromatic carbocycles. The van der Waals surface area contributed by atoms with Crippen molar-refractivity contribution in [1.82, 2.24) is 10.2 Å². The summed E-state index contributed by atoms with van der Waals surface area (Å²) >= 11 is 12.0. The Morgan fingerprint density at radius 1 is 1.38 bits per heavy atom. The van der Waals surface area contributed by atoms with Crippen molar-refractivity contribution in [3.63, 3.8) is 0 Å².